The highest BCUT2D eigenvalue weighted by Crippen LogP contribution is 2.17. The topological polar surface area (TPSA) is 70.9 Å². The average molecular weight is 221 g/mol. The first kappa shape index (κ1) is 11.2. The predicted octanol–water partition coefficient (Wildman–Crippen LogP) is 0.943. The van der Waals surface area contributed by atoms with Crippen molar-refractivity contribution in [2.75, 3.05) is 0 Å². The maximum Gasteiger partial charge on any atom is 0.220 e. The first-order valence-corrected chi connectivity index (χ1v) is 5.91. The molecule has 1 aromatic rings. The Morgan fingerprint density at radius 2 is 2.44 bits per heavy atom. The van der Waals surface area contributed by atoms with E-state index < -0.39 is 0 Å². The van der Waals surface area contributed by atoms with Crippen molar-refractivity contribution in [1.29, 1.82) is 0 Å². The van der Waals surface area contributed by atoms with Crippen LogP contribution in [0.15, 0.2) is 18.3 Å². The Balaban J connectivity index is 1.68. The molecule has 1 amide bonds. The van der Waals surface area contributed by atoms with Crippen LogP contribution in [0.4, 0.5) is 0 Å². The third-order valence-corrected chi connectivity index (χ3v) is 3.12. The summed E-state index contributed by atoms with van der Waals surface area (Å²) in [5.41, 5.74) is 6.91. The number of amides is 1. The fraction of sp³-hybridized carbons (Fsp3) is 0.583. The van der Waals surface area contributed by atoms with Gasteiger partial charge in [0.25, 0.3) is 0 Å². The van der Waals surface area contributed by atoms with E-state index in [-0.39, 0.29) is 11.9 Å². The van der Waals surface area contributed by atoms with Crippen molar-refractivity contribution >= 4 is 5.91 Å². The normalized spacial score (nSPS) is 24.6. The maximum absolute atomic E-state index is 11.6. The van der Waals surface area contributed by atoms with Crippen LogP contribution in [0.3, 0.4) is 0 Å². The minimum atomic E-state index is 0.133. The number of carbonyl (C=O) groups excluding carboxylic acids is 1. The molecule has 0 saturated heterocycles. The van der Waals surface area contributed by atoms with Gasteiger partial charge in [0.2, 0.25) is 5.91 Å². The van der Waals surface area contributed by atoms with E-state index in [4.69, 9.17) is 5.73 Å². The van der Waals surface area contributed by atoms with E-state index in [1.165, 1.54) is 0 Å². The van der Waals surface area contributed by atoms with Crippen LogP contribution in [-0.4, -0.2) is 23.0 Å². The summed E-state index contributed by atoms with van der Waals surface area (Å²) >= 11 is 0. The summed E-state index contributed by atoms with van der Waals surface area (Å²) in [6.07, 6.45) is 6.18. The molecule has 1 aliphatic carbocycles. The molecule has 1 aliphatic rings. The number of hydrogen-bond donors (Lipinski definition) is 3. The molecule has 88 valence electrons. The number of nitrogens with one attached hydrogen (secondary N) is 2. The van der Waals surface area contributed by atoms with Crippen LogP contribution >= 0.6 is 0 Å². The minimum Gasteiger partial charge on any atom is -0.365 e. The third-order valence-electron chi connectivity index (χ3n) is 3.12. The van der Waals surface area contributed by atoms with E-state index in [9.17, 15) is 4.79 Å². The van der Waals surface area contributed by atoms with Gasteiger partial charge in [-0.2, -0.15) is 0 Å². The second-order valence-electron chi connectivity index (χ2n) is 4.53. The molecule has 0 aromatic carbocycles. The smallest absolute Gasteiger partial charge is 0.220 e. The van der Waals surface area contributed by atoms with E-state index in [0.29, 0.717) is 12.5 Å². The van der Waals surface area contributed by atoms with Crippen molar-refractivity contribution in [2.24, 2.45) is 5.73 Å². The Morgan fingerprint density at radius 1 is 1.56 bits per heavy atom. The second kappa shape index (κ2) is 5.16. The summed E-state index contributed by atoms with van der Waals surface area (Å²) in [6, 6.07) is 4.52. The van der Waals surface area contributed by atoms with E-state index >= 15 is 0 Å². The molecular formula is C12H19N3O. The summed E-state index contributed by atoms with van der Waals surface area (Å²) in [4.78, 5) is 14.7. The van der Waals surface area contributed by atoms with Gasteiger partial charge in [-0.3, -0.25) is 4.79 Å². The largest absolute Gasteiger partial charge is 0.365 e. The molecule has 16 heavy (non-hydrogen) atoms. The zero-order valence-electron chi connectivity index (χ0n) is 9.41. The summed E-state index contributed by atoms with van der Waals surface area (Å²) in [5, 5.41) is 3.04. The molecule has 2 unspecified atom stereocenters. The number of aromatic amines is 1. The standard InChI is InChI=1S/C12H19N3O/c13-9-3-4-11(8-9)15-12(16)6-5-10-2-1-7-14-10/h1-2,7,9,11,14H,3-6,8,13H2,(H,15,16). The Kier molecular flexibility index (Phi) is 3.62. The van der Waals surface area contributed by atoms with Gasteiger partial charge in [0.05, 0.1) is 0 Å². The fourth-order valence-electron chi connectivity index (χ4n) is 2.22. The Morgan fingerprint density at radius 3 is 3.06 bits per heavy atom. The lowest BCUT2D eigenvalue weighted by Crippen LogP contribution is -2.34. The zero-order chi connectivity index (χ0) is 11.4. The molecule has 1 saturated carbocycles. The van der Waals surface area contributed by atoms with Gasteiger partial charge >= 0.3 is 0 Å². The molecule has 4 N–H and O–H groups in total. The van der Waals surface area contributed by atoms with Gasteiger partial charge < -0.3 is 16.0 Å². The number of carbonyl (C=O) groups is 1. The van der Waals surface area contributed by atoms with Gasteiger partial charge in [-0.05, 0) is 37.8 Å². The highest BCUT2D eigenvalue weighted by molar-refractivity contribution is 5.76. The Bertz CT molecular complexity index is 334. The zero-order valence-corrected chi connectivity index (χ0v) is 9.41. The molecule has 0 aliphatic heterocycles. The first-order valence-electron chi connectivity index (χ1n) is 5.91. The molecule has 2 atom stereocenters. The van der Waals surface area contributed by atoms with E-state index in [1.54, 1.807) is 0 Å². The molecule has 0 radical (unpaired) electrons. The number of hydrogen-bond acceptors (Lipinski definition) is 2. The van der Waals surface area contributed by atoms with Crippen molar-refractivity contribution in [3.05, 3.63) is 24.0 Å². The maximum atomic E-state index is 11.6. The van der Waals surface area contributed by atoms with Gasteiger partial charge in [-0.25, -0.2) is 0 Å². The summed E-state index contributed by atoms with van der Waals surface area (Å²) in [6.45, 7) is 0. The summed E-state index contributed by atoms with van der Waals surface area (Å²) in [5.74, 6) is 0.133. The van der Waals surface area contributed by atoms with E-state index in [0.717, 1.165) is 31.4 Å². The quantitative estimate of drug-likeness (QED) is 0.708. The minimum absolute atomic E-state index is 0.133. The van der Waals surface area contributed by atoms with Gasteiger partial charge in [0, 0.05) is 30.4 Å². The van der Waals surface area contributed by atoms with Crippen molar-refractivity contribution in [2.45, 2.75) is 44.2 Å². The predicted molar refractivity (Wildman–Crippen MR) is 62.9 cm³/mol. The number of H-pyrrole nitrogens is 1. The van der Waals surface area contributed by atoms with Crippen LogP contribution in [0.25, 0.3) is 0 Å². The van der Waals surface area contributed by atoms with E-state index in [1.807, 2.05) is 18.3 Å². The van der Waals surface area contributed by atoms with Crippen molar-refractivity contribution in [3.8, 4) is 0 Å². The fourth-order valence-corrected chi connectivity index (χ4v) is 2.22. The van der Waals surface area contributed by atoms with Gasteiger partial charge in [0.15, 0.2) is 0 Å². The lowest BCUT2D eigenvalue weighted by Gasteiger charge is -2.11. The molecule has 0 bridgehead atoms. The molecule has 1 heterocycles. The summed E-state index contributed by atoms with van der Waals surface area (Å²) < 4.78 is 0. The SMILES string of the molecule is NC1CCC(NC(=O)CCc2ccc[nH]2)C1. The van der Waals surface area contributed by atoms with Gasteiger partial charge in [0.1, 0.15) is 0 Å². The van der Waals surface area contributed by atoms with Crippen molar-refractivity contribution in [1.82, 2.24) is 10.3 Å². The van der Waals surface area contributed by atoms with E-state index in [2.05, 4.69) is 10.3 Å². The molecule has 1 fully saturated rings. The molecular weight excluding hydrogens is 202 g/mol. The third kappa shape index (κ3) is 3.10. The summed E-state index contributed by atoms with van der Waals surface area (Å²) in [7, 11) is 0. The highest BCUT2D eigenvalue weighted by atomic mass is 16.1. The van der Waals surface area contributed by atoms with Crippen molar-refractivity contribution in [3.63, 3.8) is 0 Å². The number of aryl methyl sites for hydroxylation is 1. The number of rotatable bonds is 4. The molecule has 4 nitrogen and oxygen atoms in total. The lowest BCUT2D eigenvalue weighted by atomic mass is 10.2. The van der Waals surface area contributed by atoms with Crippen molar-refractivity contribution < 1.29 is 4.79 Å². The van der Waals surface area contributed by atoms with Crippen LogP contribution in [0.1, 0.15) is 31.4 Å². The van der Waals surface area contributed by atoms with Crippen LogP contribution in [0.2, 0.25) is 0 Å². The molecule has 4 heteroatoms. The highest BCUT2D eigenvalue weighted by Gasteiger charge is 2.22. The lowest BCUT2D eigenvalue weighted by molar-refractivity contribution is -0.121. The van der Waals surface area contributed by atoms with Crippen LogP contribution in [0.5, 0.6) is 0 Å². The number of aromatic nitrogens is 1. The van der Waals surface area contributed by atoms with Crippen LogP contribution in [-0.2, 0) is 11.2 Å². The van der Waals surface area contributed by atoms with Crippen LogP contribution < -0.4 is 11.1 Å². The molecule has 0 spiro atoms. The average Bonchev–Trinajstić information content (AvgIpc) is 2.87. The first-order chi connectivity index (χ1) is 7.74. The number of nitrogens with two attached hydrogens (primary N) is 1. The van der Waals surface area contributed by atoms with Crippen LogP contribution in [0, 0.1) is 0 Å². The van der Waals surface area contributed by atoms with Gasteiger partial charge in [-0.15, -0.1) is 0 Å². The monoisotopic (exact) mass is 221 g/mol. The van der Waals surface area contributed by atoms with Gasteiger partial charge in [-0.1, -0.05) is 0 Å². The Labute approximate surface area is 95.6 Å². The molecule has 2 rings (SSSR count). The second-order valence-corrected chi connectivity index (χ2v) is 4.53. The Hall–Kier alpha value is -1.29. The molecule has 1 aromatic heterocycles.